The summed E-state index contributed by atoms with van der Waals surface area (Å²) in [6.07, 6.45) is 6.04. The summed E-state index contributed by atoms with van der Waals surface area (Å²) in [5.74, 6) is 2.12. The van der Waals surface area contributed by atoms with E-state index in [4.69, 9.17) is 0 Å². The molecule has 2 bridgehead atoms. The van der Waals surface area contributed by atoms with Crippen LogP contribution in [0, 0.1) is 29.6 Å². The van der Waals surface area contributed by atoms with Crippen molar-refractivity contribution in [2.24, 2.45) is 29.6 Å². The lowest BCUT2D eigenvalue weighted by Crippen LogP contribution is -2.24. The van der Waals surface area contributed by atoms with Crippen molar-refractivity contribution in [3.05, 3.63) is 12.2 Å². The Morgan fingerprint density at radius 1 is 1.36 bits per heavy atom. The lowest BCUT2D eigenvalue weighted by Gasteiger charge is -2.22. The molecule has 0 aromatic carbocycles. The zero-order valence-corrected chi connectivity index (χ0v) is 8.27. The van der Waals surface area contributed by atoms with Gasteiger partial charge in [0.25, 0.3) is 0 Å². The maximum Gasteiger partial charge on any atom is 0.137 e. The molecule has 2 fully saturated rings. The molecule has 0 saturated heterocycles. The molecule has 14 heavy (non-hydrogen) atoms. The molecule has 0 aromatic heterocycles. The number of carbonyl (C=O) groups excluding carboxylic acids is 2. The zero-order chi connectivity index (χ0) is 9.87. The number of ketones is 2. The van der Waals surface area contributed by atoms with Crippen LogP contribution in [0.5, 0.6) is 0 Å². The number of hydrogen-bond donors (Lipinski definition) is 0. The molecule has 2 nitrogen and oxygen atoms in total. The van der Waals surface area contributed by atoms with Gasteiger partial charge in [0, 0.05) is 18.3 Å². The van der Waals surface area contributed by atoms with E-state index in [1.807, 2.05) is 0 Å². The molecule has 74 valence electrons. The third kappa shape index (κ3) is 0.865. The molecule has 0 N–H and O–H groups in total. The fourth-order valence-electron chi connectivity index (χ4n) is 3.77. The molecule has 0 aliphatic heterocycles. The number of hydrogen-bond acceptors (Lipinski definition) is 2. The van der Waals surface area contributed by atoms with Crippen molar-refractivity contribution in [2.75, 3.05) is 0 Å². The molecule has 5 atom stereocenters. The number of fused-ring (bicyclic) bond motifs is 5. The Balaban J connectivity index is 1.99. The second kappa shape index (κ2) is 2.56. The molecule has 0 spiro atoms. The maximum atomic E-state index is 11.8. The first-order valence-corrected chi connectivity index (χ1v) is 5.40. The monoisotopic (exact) mass is 190 g/mol. The van der Waals surface area contributed by atoms with E-state index in [0.717, 1.165) is 6.42 Å². The molecular weight excluding hydrogens is 176 g/mol. The highest BCUT2D eigenvalue weighted by atomic mass is 16.1. The van der Waals surface area contributed by atoms with Crippen LogP contribution in [0.3, 0.4) is 0 Å². The second-order valence-electron chi connectivity index (χ2n) is 4.94. The van der Waals surface area contributed by atoms with Crippen molar-refractivity contribution in [1.82, 2.24) is 0 Å². The van der Waals surface area contributed by atoms with Crippen LogP contribution in [0.2, 0.25) is 0 Å². The summed E-state index contributed by atoms with van der Waals surface area (Å²) in [7, 11) is 0. The second-order valence-corrected chi connectivity index (χ2v) is 4.94. The third-order valence-electron chi connectivity index (χ3n) is 4.30. The Morgan fingerprint density at radius 2 is 2.07 bits per heavy atom. The van der Waals surface area contributed by atoms with Crippen LogP contribution >= 0.6 is 0 Å². The topological polar surface area (TPSA) is 34.1 Å². The minimum atomic E-state index is 0.0347. The summed E-state index contributed by atoms with van der Waals surface area (Å²) >= 11 is 0. The highest BCUT2D eigenvalue weighted by molar-refractivity contribution is 5.93. The molecule has 2 heteroatoms. The van der Waals surface area contributed by atoms with Crippen molar-refractivity contribution in [1.29, 1.82) is 0 Å². The molecule has 0 aromatic rings. The molecule has 0 amide bonds. The molecule has 0 radical (unpaired) electrons. The zero-order valence-electron chi connectivity index (χ0n) is 8.27. The first-order chi connectivity index (χ1) is 6.68. The van der Waals surface area contributed by atoms with E-state index in [2.05, 4.69) is 12.2 Å². The maximum absolute atomic E-state index is 11.8. The van der Waals surface area contributed by atoms with Gasteiger partial charge in [0.1, 0.15) is 11.6 Å². The summed E-state index contributed by atoms with van der Waals surface area (Å²) in [6, 6.07) is 0. The van der Waals surface area contributed by atoms with E-state index in [1.54, 1.807) is 6.92 Å². The smallest absolute Gasteiger partial charge is 0.137 e. The Kier molecular flexibility index (Phi) is 1.53. The van der Waals surface area contributed by atoms with Crippen LogP contribution in [0.25, 0.3) is 0 Å². The normalized spacial score (nSPS) is 48.6. The average molecular weight is 190 g/mol. The summed E-state index contributed by atoms with van der Waals surface area (Å²) in [4.78, 5) is 23.2. The van der Waals surface area contributed by atoms with Crippen LogP contribution in [-0.2, 0) is 9.59 Å². The van der Waals surface area contributed by atoms with Crippen molar-refractivity contribution in [2.45, 2.75) is 19.8 Å². The van der Waals surface area contributed by atoms with Gasteiger partial charge >= 0.3 is 0 Å². The average Bonchev–Trinajstić information content (AvgIpc) is 2.75. The van der Waals surface area contributed by atoms with Crippen molar-refractivity contribution < 1.29 is 9.59 Å². The van der Waals surface area contributed by atoms with E-state index in [-0.39, 0.29) is 17.6 Å². The van der Waals surface area contributed by atoms with Gasteiger partial charge < -0.3 is 0 Å². The molecule has 3 unspecified atom stereocenters. The van der Waals surface area contributed by atoms with Gasteiger partial charge in [0.2, 0.25) is 0 Å². The van der Waals surface area contributed by atoms with Crippen molar-refractivity contribution in [3.8, 4) is 0 Å². The predicted molar refractivity (Wildman–Crippen MR) is 51.5 cm³/mol. The first-order valence-electron chi connectivity index (χ1n) is 5.40. The van der Waals surface area contributed by atoms with E-state index >= 15 is 0 Å². The van der Waals surface area contributed by atoms with E-state index < -0.39 is 0 Å². The fourth-order valence-corrected chi connectivity index (χ4v) is 3.77. The minimum absolute atomic E-state index is 0.0347. The van der Waals surface area contributed by atoms with E-state index in [0.29, 0.717) is 30.0 Å². The summed E-state index contributed by atoms with van der Waals surface area (Å²) in [5, 5.41) is 0. The third-order valence-corrected chi connectivity index (χ3v) is 4.30. The fraction of sp³-hybridized carbons (Fsp3) is 0.667. The van der Waals surface area contributed by atoms with Gasteiger partial charge in [-0.05, 0) is 31.1 Å². The Morgan fingerprint density at radius 3 is 2.79 bits per heavy atom. The largest absolute Gasteiger partial charge is 0.300 e. The van der Waals surface area contributed by atoms with Gasteiger partial charge in [-0.25, -0.2) is 0 Å². The first kappa shape index (κ1) is 8.39. The van der Waals surface area contributed by atoms with E-state index in [1.165, 1.54) is 0 Å². The minimum Gasteiger partial charge on any atom is -0.300 e. The highest BCUT2D eigenvalue weighted by Gasteiger charge is 2.56. The van der Waals surface area contributed by atoms with Gasteiger partial charge in [-0.2, -0.15) is 0 Å². The van der Waals surface area contributed by atoms with Crippen molar-refractivity contribution >= 4 is 11.6 Å². The molecule has 3 rings (SSSR count). The number of rotatable bonds is 1. The summed E-state index contributed by atoms with van der Waals surface area (Å²) in [6.45, 7) is 1.63. The number of carbonyl (C=O) groups is 2. The highest BCUT2D eigenvalue weighted by Crippen LogP contribution is 2.56. The van der Waals surface area contributed by atoms with Gasteiger partial charge in [0.15, 0.2) is 0 Å². The molecule has 2 saturated carbocycles. The summed E-state index contributed by atoms with van der Waals surface area (Å²) in [5.41, 5.74) is 0. The quantitative estimate of drug-likeness (QED) is 0.588. The standard InChI is InChI=1S/C12H14O2/c1-6(13)9-5-10(14)12-8-3-2-7(4-8)11(9)12/h2-3,7-9,11-12H,4-5H2,1H3/t7-,8+,9?,11?,12?/m0/s1. The lowest BCUT2D eigenvalue weighted by molar-refractivity contribution is -0.124. The van der Waals surface area contributed by atoms with Gasteiger partial charge in [-0.15, -0.1) is 0 Å². The summed E-state index contributed by atoms with van der Waals surface area (Å²) < 4.78 is 0. The van der Waals surface area contributed by atoms with Gasteiger partial charge in [-0.3, -0.25) is 9.59 Å². The number of allylic oxidation sites excluding steroid dienone is 2. The molecule has 0 heterocycles. The van der Waals surface area contributed by atoms with Crippen LogP contribution in [0.15, 0.2) is 12.2 Å². The van der Waals surface area contributed by atoms with Gasteiger partial charge in [-0.1, -0.05) is 12.2 Å². The predicted octanol–water partition coefficient (Wildman–Crippen LogP) is 1.60. The van der Waals surface area contributed by atoms with Crippen LogP contribution in [0.1, 0.15) is 19.8 Å². The van der Waals surface area contributed by atoms with E-state index in [9.17, 15) is 9.59 Å². The molecular formula is C12H14O2. The van der Waals surface area contributed by atoms with Crippen LogP contribution in [-0.4, -0.2) is 11.6 Å². The van der Waals surface area contributed by atoms with Gasteiger partial charge in [0.05, 0.1) is 0 Å². The lowest BCUT2D eigenvalue weighted by atomic mass is 9.80. The Labute approximate surface area is 83.4 Å². The number of Topliss-reactive ketones (excluding diaryl/α,β-unsaturated/α-hetero) is 2. The van der Waals surface area contributed by atoms with Crippen LogP contribution in [0.4, 0.5) is 0 Å². The molecule has 3 aliphatic carbocycles. The Hall–Kier alpha value is -0.920. The van der Waals surface area contributed by atoms with Crippen LogP contribution < -0.4 is 0 Å². The molecule has 3 aliphatic rings. The Bertz CT molecular complexity index is 342. The van der Waals surface area contributed by atoms with Crippen molar-refractivity contribution in [3.63, 3.8) is 0 Å². The SMILES string of the molecule is CC(=O)C1CC(=O)C2C1[C@H]1C=C[C@@H]2C1.